The molecule has 0 aliphatic carbocycles. The maximum absolute atomic E-state index is 13.7. The molecule has 0 spiro atoms. The van der Waals surface area contributed by atoms with Crippen LogP contribution >= 0.6 is 11.3 Å². The first kappa shape index (κ1) is 23.1. The number of fused-ring (bicyclic) bond motifs is 2. The smallest absolute Gasteiger partial charge is 0.324 e. The van der Waals surface area contributed by atoms with Crippen molar-refractivity contribution in [3.05, 3.63) is 121 Å². The molecule has 0 unspecified atom stereocenters. The van der Waals surface area contributed by atoms with E-state index in [0.29, 0.717) is 9.33 Å². The number of nitrogens with one attached hydrogen (secondary N) is 1. The van der Waals surface area contributed by atoms with E-state index in [4.69, 9.17) is 9.73 Å². The fourth-order valence-electron chi connectivity index (χ4n) is 5.37. The number of carbonyl (C=O) groups excluding carboxylic acids is 1. The summed E-state index contributed by atoms with van der Waals surface area (Å²) in [7, 11) is 5.12. The maximum atomic E-state index is 13.7. The third-order valence-electron chi connectivity index (χ3n) is 7.19. The zero-order valence-electron chi connectivity index (χ0n) is 20.6. The van der Waals surface area contributed by atoms with E-state index in [-0.39, 0.29) is 11.6 Å². The summed E-state index contributed by atoms with van der Waals surface area (Å²) in [5.41, 5.74) is 3.41. The van der Waals surface area contributed by atoms with Crippen molar-refractivity contribution < 1.29 is 9.53 Å². The second-order valence-electron chi connectivity index (χ2n) is 9.05. The first-order valence-corrected chi connectivity index (χ1v) is 12.6. The van der Waals surface area contributed by atoms with E-state index in [0.717, 1.165) is 22.4 Å². The van der Waals surface area contributed by atoms with Gasteiger partial charge in [0.25, 0.3) is 5.56 Å². The predicted molar refractivity (Wildman–Crippen MR) is 142 cm³/mol. The molecule has 0 saturated carbocycles. The van der Waals surface area contributed by atoms with E-state index >= 15 is 0 Å². The first-order valence-electron chi connectivity index (χ1n) is 11.8. The Labute approximate surface area is 217 Å². The van der Waals surface area contributed by atoms with Gasteiger partial charge in [0.1, 0.15) is 5.75 Å². The van der Waals surface area contributed by atoms with Crippen LogP contribution in [0.2, 0.25) is 0 Å². The highest BCUT2D eigenvalue weighted by molar-refractivity contribution is 7.07. The summed E-state index contributed by atoms with van der Waals surface area (Å²) in [6.07, 6.45) is 1.84. The number of hydrogen-bond donors (Lipinski definition) is 1. The highest BCUT2D eigenvalue weighted by Crippen LogP contribution is 2.53. The van der Waals surface area contributed by atoms with Gasteiger partial charge in [-0.25, -0.2) is 9.79 Å². The average molecular weight is 512 g/mol. The van der Waals surface area contributed by atoms with Crippen LogP contribution in [0.1, 0.15) is 16.7 Å². The molecule has 2 amide bonds. The number of thiazole rings is 1. The Bertz CT molecular complexity index is 1670. The molecule has 1 N–H and O–H groups in total. The second-order valence-corrected chi connectivity index (χ2v) is 10.1. The molecule has 8 nitrogen and oxygen atoms in total. The van der Waals surface area contributed by atoms with Gasteiger partial charge in [0.15, 0.2) is 0 Å². The van der Waals surface area contributed by atoms with Crippen molar-refractivity contribution >= 4 is 23.4 Å². The van der Waals surface area contributed by atoms with Gasteiger partial charge in [-0.05, 0) is 23.8 Å². The molecule has 0 bridgehead atoms. The van der Waals surface area contributed by atoms with Crippen molar-refractivity contribution in [2.24, 2.45) is 4.99 Å². The van der Waals surface area contributed by atoms with Gasteiger partial charge in [-0.3, -0.25) is 20.0 Å². The van der Waals surface area contributed by atoms with Crippen LogP contribution in [0, 0.1) is 0 Å². The number of ether oxygens (including phenoxy) is 1. The van der Waals surface area contributed by atoms with Gasteiger partial charge in [-0.2, -0.15) is 4.68 Å². The highest BCUT2D eigenvalue weighted by atomic mass is 32.1. The lowest BCUT2D eigenvalue weighted by molar-refractivity contribution is 0.0648. The van der Waals surface area contributed by atoms with Gasteiger partial charge < -0.3 is 4.74 Å². The number of hydrogen-bond acceptors (Lipinski definition) is 6. The molecule has 3 heterocycles. The van der Waals surface area contributed by atoms with Crippen LogP contribution < -0.4 is 25.1 Å². The van der Waals surface area contributed by atoms with Crippen LogP contribution in [-0.4, -0.2) is 41.7 Å². The molecule has 186 valence electrons. The summed E-state index contributed by atoms with van der Waals surface area (Å²) < 4.78 is 7.24. The molecule has 6 rings (SSSR count). The maximum Gasteiger partial charge on any atom is 0.324 e. The van der Waals surface area contributed by atoms with Crippen LogP contribution in [0.5, 0.6) is 5.75 Å². The third kappa shape index (κ3) is 3.10. The number of urea groups is 1. The SMILES string of the molecule is COc1ccc(/C=c2\sc3n(c2=O)N[C@@]2(c4ccccc4)N(C)C(=O)N(C)[C@@]2(c2ccccc2)N=3)cc1. The van der Waals surface area contributed by atoms with Crippen LogP contribution in [-0.2, 0) is 11.3 Å². The minimum absolute atomic E-state index is 0.211. The van der Waals surface area contributed by atoms with Gasteiger partial charge in [0, 0.05) is 25.2 Å². The van der Waals surface area contributed by atoms with Crippen molar-refractivity contribution in [2.45, 2.75) is 11.3 Å². The molecule has 4 aromatic rings. The van der Waals surface area contributed by atoms with Gasteiger partial charge in [-0.15, -0.1) is 0 Å². The lowest BCUT2D eigenvalue weighted by atomic mass is 9.80. The summed E-state index contributed by atoms with van der Waals surface area (Å²) in [4.78, 5) is 36.3. The Hall–Kier alpha value is -4.37. The van der Waals surface area contributed by atoms with E-state index in [1.165, 1.54) is 16.0 Å². The molecule has 2 aliphatic rings. The largest absolute Gasteiger partial charge is 0.497 e. The normalized spacial score (nSPS) is 22.8. The number of likely N-dealkylation sites (N-methyl/N-ethyl adjacent to an activating group) is 2. The summed E-state index contributed by atoms with van der Waals surface area (Å²) in [6, 6.07) is 26.7. The van der Waals surface area contributed by atoms with E-state index in [1.54, 1.807) is 31.0 Å². The van der Waals surface area contributed by atoms with E-state index < -0.39 is 11.3 Å². The molecule has 3 aromatic carbocycles. The quantitative estimate of drug-likeness (QED) is 0.457. The van der Waals surface area contributed by atoms with Crippen LogP contribution in [0.4, 0.5) is 4.79 Å². The van der Waals surface area contributed by atoms with Crippen molar-refractivity contribution in [3.63, 3.8) is 0 Å². The molecule has 9 heteroatoms. The van der Waals surface area contributed by atoms with E-state index in [9.17, 15) is 9.59 Å². The molecule has 2 aliphatic heterocycles. The van der Waals surface area contributed by atoms with Crippen LogP contribution in [0.15, 0.2) is 94.7 Å². The minimum atomic E-state index is -1.18. The number of amides is 2. The molecule has 2 atom stereocenters. The van der Waals surface area contributed by atoms with Crippen LogP contribution in [0.3, 0.4) is 0 Å². The first-order chi connectivity index (χ1) is 17.9. The second kappa shape index (κ2) is 8.35. The minimum Gasteiger partial charge on any atom is -0.497 e. The molecule has 1 saturated heterocycles. The van der Waals surface area contributed by atoms with Crippen molar-refractivity contribution in [1.82, 2.24) is 14.5 Å². The number of nitrogens with zero attached hydrogens (tertiary/aromatic N) is 4. The summed E-state index contributed by atoms with van der Waals surface area (Å²) in [5.74, 6) is 0.745. The predicted octanol–water partition coefficient (Wildman–Crippen LogP) is 2.63. The molecular weight excluding hydrogens is 486 g/mol. The summed E-state index contributed by atoms with van der Waals surface area (Å²) in [6.45, 7) is 0. The van der Waals surface area contributed by atoms with Gasteiger partial charge >= 0.3 is 6.03 Å². The van der Waals surface area contributed by atoms with E-state index in [2.05, 4.69) is 5.43 Å². The Kier molecular flexibility index (Phi) is 5.20. The zero-order chi connectivity index (χ0) is 25.8. The number of carbonyl (C=O) groups is 1. The Balaban J connectivity index is 1.67. The zero-order valence-corrected chi connectivity index (χ0v) is 21.4. The molecule has 1 aromatic heterocycles. The van der Waals surface area contributed by atoms with Crippen LogP contribution in [0.25, 0.3) is 6.08 Å². The Morgan fingerprint density at radius 3 is 2.11 bits per heavy atom. The average Bonchev–Trinajstić information content (AvgIpc) is 3.33. The number of benzene rings is 3. The summed E-state index contributed by atoms with van der Waals surface area (Å²) >= 11 is 1.29. The fourth-order valence-corrected chi connectivity index (χ4v) is 6.34. The van der Waals surface area contributed by atoms with E-state index in [1.807, 2.05) is 91.0 Å². The van der Waals surface area contributed by atoms with Crippen molar-refractivity contribution in [1.29, 1.82) is 0 Å². The number of methoxy groups -OCH3 is 1. The molecular formula is C28H25N5O3S. The monoisotopic (exact) mass is 511 g/mol. The third-order valence-corrected chi connectivity index (χ3v) is 8.15. The lowest BCUT2D eigenvalue weighted by Crippen LogP contribution is -2.67. The Morgan fingerprint density at radius 2 is 1.49 bits per heavy atom. The van der Waals surface area contributed by atoms with Gasteiger partial charge in [0.2, 0.25) is 16.1 Å². The standard InChI is InChI=1S/C28H25N5O3S/c1-31-26(35)32(2)28(21-12-8-5-9-13-21)27(31,20-10-6-4-7-11-20)29-25-33(30-28)24(34)23(37-25)18-19-14-16-22(36-3)17-15-19/h4-18,30H,1-3H3/b23-18-/t27-,28+/m1/s1. The van der Waals surface area contributed by atoms with Gasteiger partial charge in [0.05, 0.1) is 11.6 Å². The fraction of sp³-hybridized carbons (Fsp3) is 0.179. The molecule has 1 fully saturated rings. The lowest BCUT2D eigenvalue weighted by Gasteiger charge is -2.49. The highest BCUT2D eigenvalue weighted by Gasteiger charge is 2.69. The molecule has 37 heavy (non-hydrogen) atoms. The number of rotatable bonds is 4. The summed E-state index contributed by atoms with van der Waals surface area (Å²) in [5, 5.41) is 0. The van der Waals surface area contributed by atoms with Gasteiger partial charge in [-0.1, -0.05) is 84.1 Å². The number of aromatic nitrogens is 1. The topological polar surface area (TPSA) is 79.2 Å². The van der Waals surface area contributed by atoms with Crippen molar-refractivity contribution in [2.75, 3.05) is 26.6 Å². The Morgan fingerprint density at radius 1 is 0.865 bits per heavy atom. The molecule has 0 radical (unpaired) electrons. The van der Waals surface area contributed by atoms with Crippen molar-refractivity contribution in [3.8, 4) is 5.75 Å².